The Balaban J connectivity index is 2.69. The van der Waals surface area contributed by atoms with Crippen molar-refractivity contribution in [3.63, 3.8) is 0 Å². The van der Waals surface area contributed by atoms with Crippen molar-refractivity contribution in [3.05, 3.63) is 16.4 Å². The van der Waals surface area contributed by atoms with E-state index < -0.39 is 0 Å². The number of rotatable bonds is 4. The van der Waals surface area contributed by atoms with Gasteiger partial charge in [0.1, 0.15) is 5.15 Å². The lowest BCUT2D eigenvalue weighted by Crippen LogP contribution is -2.38. The lowest BCUT2D eigenvalue weighted by Gasteiger charge is -2.09. The molecule has 1 heterocycles. The molecular weight excluding hydrogens is 216 g/mol. The molecule has 84 valence electrons. The third-order valence-electron chi connectivity index (χ3n) is 2.28. The second-order valence-electron chi connectivity index (χ2n) is 3.48. The van der Waals surface area contributed by atoms with Crippen LogP contribution in [0.2, 0.25) is 5.15 Å². The van der Waals surface area contributed by atoms with Crippen LogP contribution < -0.4 is 11.1 Å². The average molecular weight is 231 g/mol. The molecule has 0 aliphatic heterocycles. The monoisotopic (exact) mass is 230 g/mol. The summed E-state index contributed by atoms with van der Waals surface area (Å²) in [5, 5.41) is 7.72. The van der Waals surface area contributed by atoms with Crippen LogP contribution in [0.25, 0.3) is 0 Å². The van der Waals surface area contributed by atoms with E-state index in [-0.39, 0.29) is 11.9 Å². The highest BCUT2D eigenvalue weighted by atomic mass is 35.5. The predicted octanol–water partition coefficient (Wildman–Crippen LogP) is 0.345. The molecule has 1 aromatic rings. The van der Waals surface area contributed by atoms with E-state index in [0.717, 1.165) is 11.3 Å². The first-order valence-electron chi connectivity index (χ1n) is 4.64. The Morgan fingerprint density at radius 3 is 2.73 bits per heavy atom. The molecule has 0 spiro atoms. The summed E-state index contributed by atoms with van der Waals surface area (Å²) in [6, 6.07) is -0.374. The van der Waals surface area contributed by atoms with Crippen molar-refractivity contribution in [2.24, 2.45) is 12.8 Å². The number of nitrogens with two attached hydrogens (primary N) is 1. The molecule has 0 fully saturated rings. The fourth-order valence-electron chi connectivity index (χ4n) is 1.23. The van der Waals surface area contributed by atoms with Crippen LogP contribution in [0.3, 0.4) is 0 Å². The van der Waals surface area contributed by atoms with Crippen molar-refractivity contribution in [2.75, 3.05) is 0 Å². The van der Waals surface area contributed by atoms with E-state index in [0.29, 0.717) is 11.7 Å². The SMILES string of the molecule is Cc1nn(C)c(Cl)c1CN[C@@H](C)C(N)=O. The molecule has 1 atom stereocenters. The highest BCUT2D eigenvalue weighted by molar-refractivity contribution is 6.30. The molecule has 0 saturated carbocycles. The molecule has 15 heavy (non-hydrogen) atoms. The number of carbonyl (C=O) groups excluding carboxylic acids is 1. The molecule has 0 radical (unpaired) electrons. The Morgan fingerprint density at radius 2 is 2.33 bits per heavy atom. The van der Waals surface area contributed by atoms with E-state index in [2.05, 4.69) is 10.4 Å². The zero-order valence-electron chi connectivity index (χ0n) is 9.04. The summed E-state index contributed by atoms with van der Waals surface area (Å²) in [7, 11) is 1.77. The molecule has 5 nitrogen and oxygen atoms in total. The smallest absolute Gasteiger partial charge is 0.234 e. The molecule has 0 unspecified atom stereocenters. The third kappa shape index (κ3) is 2.70. The maximum absolute atomic E-state index is 10.8. The number of hydrogen-bond acceptors (Lipinski definition) is 3. The number of primary amides is 1. The van der Waals surface area contributed by atoms with Gasteiger partial charge < -0.3 is 11.1 Å². The van der Waals surface area contributed by atoms with Crippen LogP contribution in [0.1, 0.15) is 18.2 Å². The minimum Gasteiger partial charge on any atom is -0.368 e. The topological polar surface area (TPSA) is 72.9 Å². The molecule has 1 amide bonds. The number of nitrogens with one attached hydrogen (secondary N) is 1. The summed E-state index contributed by atoms with van der Waals surface area (Å²) in [6.07, 6.45) is 0. The number of nitrogens with zero attached hydrogens (tertiary/aromatic N) is 2. The molecule has 0 aromatic carbocycles. The molecule has 3 N–H and O–H groups in total. The largest absolute Gasteiger partial charge is 0.368 e. The average Bonchev–Trinajstić information content (AvgIpc) is 2.38. The number of aromatic nitrogens is 2. The lowest BCUT2D eigenvalue weighted by atomic mass is 10.2. The summed E-state index contributed by atoms with van der Waals surface area (Å²) in [4.78, 5) is 10.8. The van der Waals surface area contributed by atoms with Gasteiger partial charge in [0.05, 0.1) is 11.7 Å². The zero-order valence-corrected chi connectivity index (χ0v) is 9.80. The predicted molar refractivity (Wildman–Crippen MR) is 58.5 cm³/mol. The van der Waals surface area contributed by atoms with Crippen LogP contribution in [0.15, 0.2) is 0 Å². The minimum atomic E-state index is -0.382. The van der Waals surface area contributed by atoms with Crippen LogP contribution in [0, 0.1) is 6.92 Å². The number of amides is 1. The summed E-state index contributed by atoms with van der Waals surface area (Å²) in [5.41, 5.74) is 6.88. The molecule has 1 aromatic heterocycles. The van der Waals surface area contributed by atoms with Crippen molar-refractivity contribution in [2.45, 2.75) is 26.4 Å². The van der Waals surface area contributed by atoms with Crippen molar-refractivity contribution < 1.29 is 4.79 Å². The van der Waals surface area contributed by atoms with Gasteiger partial charge in [-0.3, -0.25) is 9.48 Å². The number of aryl methyl sites for hydroxylation is 2. The van der Waals surface area contributed by atoms with Gasteiger partial charge in [0.15, 0.2) is 0 Å². The second kappa shape index (κ2) is 4.63. The Hall–Kier alpha value is -1.07. The zero-order chi connectivity index (χ0) is 11.6. The number of hydrogen-bond donors (Lipinski definition) is 2. The third-order valence-corrected chi connectivity index (χ3v) is 2.75. The van der Waals surface area contributed by atoms with E-state index >= 15 is 0 Å². The van der Waals surface area contributed by atoms with Crippen LogP contribution >= 0.6 is 11.6 Å². The summed E-state index contributed by atoms with van der Waals surface area (Å²) < 4.78 is 1.60. The first kappa shape index (κ1) is 12.0. The Morgan fingerprint density at radius 1 is 1.73 bits per heavy atom. The maximum atomic E-state index is 10.8. The molecule has 1 rings (SSSR count). The van der Waals surface area contributed by atoms with E-state index in [4.69, 9.17) is 17.3 Å². The van der Waals surface area contributed by atoms with Gasteiger partial charge in [-0.2, -0.15) is 5.10 Å². The fourth-order valence-corrected chi connectivity index (χ4v) is 1.47. The minimum absolute atomic E-state index is 0.374. The van der Waals surface area contributed by atoms with E-state index in [1.165, 1.54) is 0 Å². The molecule has 0 aliphatic rings. The first-order chi connectivity index (χ1) is 6.93. The maximum Gasteiger partial charge on any atom is 0.234 e. The van der Waals surface area contributed by atoms with E-state index in [9.17, 15) is 4.79 Å². The lowest BCUT2D eigenvalue weighted by molar-refractivity contribution is -0.119. The standard InChI is InChI=1S/C9H15ClN4O/c1-5-7(8(10)14(3)13-5)4-12-6(2)9(11)15/h6,12H,4H2,1-3H3,(H2,11,15)/t6-/m0/s1. The van der Waals surface area contributed by atoms with Gasteiger partial charge in [-0.05, 0) is 13.8 Å². The van der Waals surface area contributed by atoms with Gasteiger partial charge in [-0.25, -0.2) is 0 Å². The normalized spacial score (nSPS) is 12.8. The van der Waals surface area contributed by atoms with Crippen LogP contribution in [-0.2, 0) is 18.4 Å². The highest BCUT2D eigenvalue weighted by Crippen LogP contribution is 2.18. The highest BCUT2D eigenvalue weighted by Gasteiger charge is 2.13. The first-order valence-corrected chi connectivity index (χ1v) is 5.02. The van der Waals surface area contributed by atoms with Crippen molar-refractivity contribution in [1.29, 1.82) is 0 Å². The Kier molecular flexibility index (Phi) is 3.71. The van der Waals surface area contributed by atoms with Crippen molar-refractivity contribution in [1.82, 2.24) is 15.1 Å². The number of halogens is 1. The molecular formula is C9H15ClN4O. The second-order valence-corrected chi connectivity index (χ2v) is 3.84. The van der Waals surface area contributed by atoms with E-state index in [1.807, 2.05) is 6.92 Å². The van der Waals surface area contributed by atoms with Gasteiger partial charge in [0.25, 0.3) is 0 Å². The van der Waals surface area contributed by atoms with Crippen molar-refractivity contribution in [3.8, 4) is 0 Å². The summed E-state index contributed by atoms with van der Waals surface area (Å²) in [6.45, 7) is 4.07. The van der Waals surface area contributed by atoms with Gasteiger partial charge in [-0.1, -0.05) is 11.6 Å². The van der Waals surface area contributed by atoms with E-state index in [1.54, 1.807) is 18.7 Å². The van der Waals surface area contributed by atoms with Gasteiger partial charge in [0.2, 0.25) is 5.91 Å². The quantitative estimate of drug-likeness (QED) is 0.784. The number of carbonyl (C=O) groups is 1. The van der Waals surface area contributed by atoms with Gasteiger partial charge in [0, 0.05) is 19.2 Å². The Labute approximate surface area is 93.6 Å². The summed E-state index contributed by atoms with van der Waals surface area (Å²) in [5.74, 6) is -0.382. The van der Waals surface area contributed by atoms with Gasteiger partial charge in [-0.15, -0.1) is 0 Å². The van der Waals surface area contributed by atoms with Crippen LogP contribution in [0.5, 0.6) is 0 Å². The summed E-state index contributed by atoms with van der Waals surface area (Å²) >= 11 is 6.02. The van der Waals surface area contributed by atoms with Crippen LogP contribution in [0.4, 0.5) is 0 Å². The molecule has 6 heteroatoms. The van der Waals surface area contributed by atoms with Crippen LogP contribution in [-0.4, -0.2) is 21.7 Å². The van der Waals surface area contributed by atoms with Crippen molar-refractivity contribution >= 4 is 17.5 Å². The molecule has 0 aliphatic carbocycles. The molecule has 0 saturated heterocycles. The molecule has 0 bridgehead atoms. The Bertz CT molecular complexity index is 374. The fraction of sp³-hybridized carbons (Fsp3) is 0.556. The van der Waals surface area contributed by atoms with Gasteiger partial charge >= 0.3 is 0 Å².